The Hall–Kier alpha value is -3.58. The first-order valence-electron chi connectivity index (χ1n) is 12.4. The zero-order chi connectivity index (χ0) is 23.8. The fourth-order valence-electron chi connectivity index (χ4n) is 6.22. The third-order valence-electron chi connectivity index (χ3n) is 7.97. The highest BCUT2D eigenvalue weighted by Crippen LogP contribution is 2.40. The van der Waals surface area contributed by atoms with E-state index in [0.29, 0.717) is 29.3 Å². The highest BCUT2D eigenvalue weighted by atomic mass is 16.5. The summed E-state index contributed by atoms with van der Waals surface area (Å²) >= 11 is 0. The number of piperidine rings is 3. The number of aromatic nitrogens is 2. The summed E-state index contributed by atoms with van der Waals surface area (Å²) in [6, 6.07) is 16.4. The van der Waals surface area contributed by atoms with Crippen molar-refractivity contribution in [2.24, 2.45) is 5.92 Å². The molecular formula is C28H29N4O3+. The second kappa shape index (κ2) is 8.89. The van der Waals surface area contributed by atoms with E-state index >= 15 is 0 Å². The number of esters is 1. The van der Waals surface area contributed by atoms with Crippen LogP contribution in [-0.4, -0.2) is 58.6 Å². The maximum absolute atomic E-state index is 13.7. The van der Waals surface area contributed by atoms with Gasteiger partial charge in [-0.1, -0.05) is 48.5 Å². The summed E-state index contributed by atoms with van der Waals surface area (Å²) in [5, 5.41) is 2.86. The number of rotatable bonds is 5. The molecule has 0 saturated carbocycles. The lowest BCUT2D eigenvalue weighted by atomic mass is 9.78. The lowest BCUT2D eigenvalue weighted by molar-refractivity contribution is -0.938. The van der Waals surface area contributed by atoms with Crippen molar-refractivity contribution in [3.63, 3.8) is 0 Å². The van der Waals surface area contributed by atoms with Gasteiger partial charge >= 0.3 is 5.97 Å². The number of hydrogen-bond acceptors (Lipinski definition) is 5. The van der Waals surface area contributed by atoms with Gasteiger partial charge in [-0.25, -0.2) is 4.98 Å². The Bertz CT molecular complexity index is 1210. The van der Waals surface area contributed by atoms with Gasteiger partial charge in [-0.05, 0) is 28.7 Å². The predicted molar refractivity (Wildman–Crippen MR) is 131 cm³/mol. The van der Waals surface area contributed by atoms with Gasteiger partial charge in [-0.3, -0.25) is 14.6 Å². The van der Waals surface area contributed by atoms with Crippen LogP contribution in [-0.2, 0) is 20.7 Å². The molecule has 3 aliphatic heterocycles. The quantitative estimate of drug-likeness (QED) is 0.458. The molecule has 7 nitrogen and oxygen atoms in total. The molecule has 3 fully saturated rings. The van der Waals surface area contributed by atoms with E-state index < -0.39 is 5.92 Å². The van der Waals surface area contributed by atoms with Crippen molar-refractivity contribution in [2.45, 2.75) is 31.3 Å². The summed E-state index contributed by atoms with van der Waals surface area (Å²) in [4.78, 5) is 34.7. The van der Waals surface area contributed by atoms with Crippen LogP contribution in [0.1, 0.15) is 41.0 Å². The number of nitrogens with zero attached hydrogens (tertiary/aromatic N) is 3. The molecule has 3 aromatic rings. The number of ether oxygens (including phenoxy) is 1. The van der Waals surface area contributed by atoms with E-state index in [2.05, 4.69) is 39.6 Å². The van der Waals surface area contributed by atoms with E-state index in [1.807, 2.05) is 24.3 Å². The summed E-state index contributed by atoms with van der Waals surface area (Å²) < 4.78 is 6.95. The summed E-state index contributed by atoms with van der Waals surface area (Å²) in [5.41, 5.74) is 4.46. The Morgan fingerprint density at radius 2 is 1.66 bits per heavy atom. The molecule has 2 bridgehead atoms. The molecule has 7 rings (SSSR count). The van der Waals surface area contributed by atoms with Crippen LogP contribution in [0.3, 0.4) is 0 Å². The van der Waals surface area contributed by atoms with Crippen LogP contribution in [0.25, 0.3) is 0 Å². The Labute approximate surface area is 204 Å². The van der Waals surface area contributed by atoms with Crippen molar-refractivity contribution in [1.82, 2.24) is 9.97 Å². The molecule has 7 heteroatoms. The molecule has 4 heterocycles. The van der Waals surface area contributed by atoms with Crippen LogP contribution in [0.4, 0.5) is 5.82 Å². The van der Waals surface area contributed by atoms with Gasteiger partial charge < -0.3 is 14.5 Å². The Morgan fingerprint density at radius 1 is 0.971 bits per heavy atom. The molecule has 1 N–H and O–H groups in total. The largest absolute Gasteiger partial charge is 0.455 e. The number of amides is 1. The number of carbonyl (C=O) groups excluding carboxylic acids is 2. The maximum atomic E-state index is 13.7. The van der Waals surface area contributed by atoms with E-state index in [1.54, 1.807) is 18.6 Å². The van der Waals surface area contributed by atoms with Crippen molar-refractivity contribution >= 4 is 17.7 Å². The van der Waals surface area contributed by atoms with Crippen LogP contribution in [0.5, 0.6) is 0 Å². The van der Waals surface area contributed by atoms with Gasteiger partial charge in [0.05, 0.1) is 19.3 Å². The van der Waals surface area contributed by atoms with Gasteiger partial charge in [-0.15, -0.1) is 0 Å². The molecule has 178 valence electrons. The van der Waals surface area contributed by atoms with Gasteiger partial charge in [0.2, 0.25) is 0 Å². The van der Waals surface area contributed by atoms with Crippen molar-refractivity contribution in [3.8, 4) is 0 Å². The smallest absolute Gasteiger partial charge is 0.318 e. The van der Waals surface area contributed by atoms with E-state index in [4.69, 9.17) is 4.74 Å². The van der Waals surface area contributed by atoms with Crippen LogP contribution < -0.4 is 5.32 Å². The Balaban J connectivity index is 1.19. The highest BCUT2D eigenvalue weighted by Gasteiger charge is 2.49. The minimum Gasteiger partial charge on any atom is -0.455 e. The van der Waals surface area contributed by atoms with Crippen molar-refractivity contribution in [2.75, 3.05) is 31.5 Å². The number of anilines is 1. The second-order valence-corrected chi connectivity index (χ2v) is 10.1. The molecule has 3 saturated heterocycles. The lowest BCUT2D eigenvalue weighted by Crippen LogP contribution is -2.66. The summed E-state index contributed by atoms with van der Waals surface area (Å²) in [5.74, 6) is 0.160. The van der Waals surface area contributed by atoms with Gasteiger partial charge in [0.1, 0.15) is 12.5 Å². The number of benzene rings is 2. The SMILES string of the molecule is O=C(C[N+]12CCC(CC1)[C@@H](OC(=O)C1c3ccccc3Cc3ccccc31)C2)Nc1cnccn1. The Kier molecular flexibility index (Phi) is 5.57. The van der Waals surface area contributed by atoms with E-state index in [1.165, 1.54) is 11.1 Å². The summed E-state index contributed by atoms with van der Waals surface area (Å²) in [6.45, 7) is 2.90. The van der Waals surface area contributed by atoms with Crippen molar-refractivity contribution in [1.29, 1.82) is 0 Å². The van der Waals surface area contributed by atoms with Crippen LogP contribution in [0, 0.1) is 5.92 Å². The molecule has 4 aliphatic rings. The molecular weight excluding hydrogens is 440 g/mol. The number of fused-ring (bicyclic) bond motifs is 5. The fraction of sp³-hybridized carbons (Fsp3) is 0.357. The average molecular weight is 470 g/mol. The monoisotopic (exact) mass is 469 g/mol. The third-order valence-corrected chi connectivity index (χ3v) is 7.97. The molecule has 0 radical (unpaired) electrons. The van der Waals surface area contributed by atoms with Crippen LogP contribution in [0.2, 0.25) is 0 Å². The summed E-state index contributed by atoms with van der Waals surface area (Å²) in [7, 11) is 0. The summed E-state index contributed by atoms with van der Waals surface area (Å²) in [6.07, 6.45) is 7.28. The molecule has 1 amide bonds. The number of hydrogen-bond donors (Lipinski definition) is 1. The lowest BCUT2D eigenvalue weighted by Gasteiger charge is -2.51. The molecule has 35 heavy (non-hydrogen) atoms. The number of carbonyl (C=O) groups is 2. The van der Waals surface area contributed by atoms with E-state index in [9.17, 15) is 9.59 Å². The zero-order valence-electron chi connectivity index (χ0n) is 19.6. The molecule has 1 atom stereocenters. The van der Waals surface area contributed by atoms with Crippen molar-refractivity contribution in [3.05, 3.63) is 89.4 Å². The minimum absolute atomic E-state index is 0.0777. The first-order chi connectivity index (χ1) is 17.1. The van der Waals surface area contributed by atoms with E-state index in [0.717, 1.165) is 43.5 Å². The van der Waals surface area contributed by atoms with Gasteiger partial charge in [0.15, 0.2) is 18.5 Å². The molecule has 0 unspecified atom stereocenters. The van der Waals surface area contributed by atoms with E-state index in [-0.39, 0.29) is 18.0 Å². The highest BCUT2D eigenvalue weighted by molar-refractivity contribution is 5.90. The van der Waals surface area contributed by atoms with Gasteiger partial charge in [0.25, 0.3) is 5.91 Å². The predicted octanol–water partition coefficient (Wildman–Crippen LogP) is 3.30. The average Bonchev–Trinajstić information content (AvgIpc) is 2.88. The standard InChI is InChI=1S/C28H28N4O3/c33-26(31-25-16-29-11-12-30-25)18-32-13-9-19(10-14-32)24(17-32)35-28(34)27-22-7-3-1-5-20(22)15-21-6-2-4-8-23(21)27/h1-8,11-12,16,19,24,27H,9-10,13-15,17-18H2/p+1/t19?,24-,32?/m0/s1. The van der Waals surface area contributed by atoms with Crippen LogP contribution in [0.15, 0.2) is 67.1 Å². The van der Waals surface area contributed by atoms with Crippen LogP contribution >= 0.6 is 0 Å². The maximum Gasteiger partial charge on any atom is 0.318 e. The second-order valence-electron chi connectivity index (χ2n) is 10.1. The van der Waals surface area contributed by atoms with Crippen molar-refractivity contribution < 1.29 is 18.8 Å². The Morgan fingerprint density at radius 3 is 2.31 bits per heavy atom. The zero-order valence-corrected chi connectivity index (χ0v) is 19.6. The first kappa shape index (κ1) is 21.9. The molecule has 1 aliphatic carbocycles. The third kappa shape index (κ3) is 4.21. The molecule has 2 aromatic carbocycles. The molecule has 0 spiro atoms. The fourth-order valence-corrected chi connectivity index (χ4v) is 6.22. The molecule has 1 aromatic heterocycles. The van der Waals surface area contributed by atoms with Gasteiger partial charge in [-0.2, -0.15) is 0 Å². The van der Waals surface area contributed by atoms with Gasteiger partial charge in [0, 0.05) is 31.2 Å². The first-order valence-corrected chi connectivity index (χ1v) is 12.4. The topological polar surface area (TPSA) is 81.2 Å². The normalized spacial score (nSPS) is 24.8. The number of nitrogens with one attached hydrogen (secondary N) is 1. The minimum atomic E-state index is -0.403. The number of quaternary nitrogens is 1.